The van der Waals surface area contributed by atoms with E-state index < -0.39 is 5.41 Å². The Morgan fingerprint density at radius 1 is 1.32 bits per heavy atom. The molecule has 114 valence electrons. The normalized spacial score (nSPS) is 31.2. The number of carbonyl (C=O) groups excluding carboxylic acids is 1. The predicted molar refractivity (Wildman–Crippen MR) is 87.4 cm³/mol. The number of hydrogen-bond donors (Lipinski definition) is 0. The average molecular weight is 294 g/mol. The van der Waals surface area contributed by atoms with Crippen LogP contribution in [0, 0.1) is 22.2 Å². The molecule has 22 heavy (non-hydrogen) atoms. The molecule has 2 unspecified atom stereocenters. The number of ketones is 1. The van der Waals surface area contributed by atoms with Crippen LogP contribution in [0.5, 0.6) is 0 Å². The maximum Gasteiger partial charge on any atom is 0.178 e. The molecule has 0 amide bonds. The lowest BCUT2D eigenvalue weighted by Gasteiger charge is -2.40. The maximum absolute atomic E-state index is 12.5. The second kappa shape index (κ2) is 5.28. The summed E-state index contributed by atoms with van der Waals surface area (Å²) in [7, 11) is 0. The zero-order valence-corrected chi connectivity index (χ0v) is 13.3. The largest absolute Gasteiger partial charge is 0.371 e. The summed E-state index contributed by atoms with van der Waals surface area (Å²) in [5.74, 6) is 0.0290. The second-order valence-corrected chi connectivity index (χ2v) is 6.96. The number of benzene rings is 1. The topological polar surface area (TPSA) is 44.1 Å². The van der Waals surface area contributed by atoms with Crippen molar-refractivity contribution in [1.29, 1.82) is 5.26 Å². The van der Waals surface area contributed by atoms with Crippen LogP contribution in [0.3, 0.4) is 0 Å². The number of Topliss-reactive ketones (excluding diaryl/α,β-unsaturated/α-hetero) is 1. The number of carbonyl (C=O) groups is 1. The fraction of sp³-hybridized carbons (Fsp3) is 0.474. The summed E-state index contributed by atoms with van der Waals surface area (Å²) in [5.41, 5.74) is 1.15. The Balaban J connectivity index is 1.93. The van der Waals surface area contributed by atoms with E-state index in [1.54, 1.807) is 0 Å². The molecule has 1 saturated heterocycles. The number of nitriles is 1. The van der Waals surface area contributed by atoms with Gasteiger partial charge in [0.05, 0.1) is 5.57 Å². The van der Waals surface area contributed by atoms with Crippen LogP contribution in [0.15, 0.2) is 42.0 Å². The van der Waals surface area contributed by atoms with Crippen molar-refractivity contribution in [1.82, 2.24) is 0 Å². The van der Waals surface area contributed by atoms with Crippen molar-refractivity contribution in [3.8, 4) is 6.07 Å². The minimum Gasteiger partial charge on any atom is -0.371 e. The number of rotatable bonds is 2. The van der Waals surface area contributed by atoms with Gasteiger partial charge in [-0.15, -0.1) is 0 Å². The molecule has 1 aliphatic heterocycles. The number of anilines is 1. The molecular weight excluding hydrogens is 272 g/mol. The van der Waals surface area contributed by atoms with Crippen molar-refractivity contribution in [2.75, 3.05) is 18.0 Å². The fourth-order valence-corrected chi connectivity index (χ4v) is 3.99. The van der Waals surface area contributed by atoms with Gasteiger partial charge in [-0.25, -0.2) is 0 Å². The van der Waals surface area contributed by atoms with Crippen LogP contribution in [-0.4, -0.2) is 18.9 Å². The molecule has 1 aromatic rings. The van der Waals surface area contributed by atoms with E-state index in [4.69, 9.17) is 0 Å². The Hall–Kier alpha value is -2.08. The smallest absolute Gasteiger partial charge is 0.178 e. The van der Waals surface area contributed by atoms with Crippen molar-refractivity contribution in [3.63, 3.8) is 0 Å². The van der Waals surface area contributed by atoms with Gasteiger partial charge in [0.15, 0.2) is 5.78 Å². The molecule has 3 nitrogen and oxygen atoms in total. The lowest BCUT2D eigenvalue weighted by Crippen LogP contribution is -2.41. The molecule has 0 bridgehead atoms. The summed E-state index contributed by atoms with van der Waals surface area (Å²) < 4.78 is 0. The lowest BCUT2D eigenvalue weighted by atomic mass is 9.62. The number of hydrogen-bond acceptors (Lipinski definition) is 3. The van der Waals surface area contributed by atoms with E-state index in [1.807, 2.05) is 19.1 Å². The minimum atomic E-state index is -0.396. The lowest BCUT2D eigenvalue weighted by molar-refractivity contribution is -0.126. The highest BCUT2D eigenvalue weighted by Gasteiger charge is 2.49. The van der Waals surface area contributed by atoms with Crippen LogP contribution in [0.1, 0.15) is 33.1 Å². The molecule has 0 N–H and O–H groups in total. The summed E-state index contributed by atoms with van der Waals surface area (Å²) in [6, 6.07) is 12.5. The third-order valence-corrected chi connectivity index (χ3v) is 5.39. The van der Waals surface area contributed by atoms with Gasteiger partial charge in [-0.1, -0.05) is 38.1 Å². The second-order valence-electron chi connectivity index (χ2n) is 6.96. The molecule has 0 radical (unpaired) electrons. The van der Waals surface area contributed by atoms with Crippen LogP contribution in [0.4, 0.5) is 5.69 Å². The molecule has 0 aromatic heterocycles. The van der Waals surface area contributed by atoms with Crippen LogP contribution in [0.25, 0.3) is 0 Å². The van der Waals surface area contributed by atoms with E-state index in [9.17, 15) is 10.1 Å². The Morgan fingerprint density at radius 3 is 2.68 bits per heavy atom. The van der Waals surface area contributed by atoms with E-state index in [2.05, 4.69) is 42.2 Å². The third kappa shape index (κ3) is 2.33. The summed E-state index contributed by atoms with van der Waals surface area (Å²) in [5, 5.41) is 9.36. The van der Waals surface area contributed by atoms with E-state index in [-0.39, 0.29) is 11.2 Å². The summed E-state index contributed by atoms with van der Waals surface area (Å²) in [6.45, 7) is 5.95. The Bertz CT molecular complexity index is 658. The van der Waals surface area contributed by atoms with Gasteiger partial charge in [-0.3, -0.25) is 4.79 Å². The summed E-state index contributed by atoms with van der Waals surface area (Å²) >= 11 is 0. The quantitative estimate of drug-likeness (QED) is 0.835. The number of allylic oxidation sites excluding steroid dienone is 1. The SMILES string of the molecule is CCC1(C)CC2(C=C(C#N)C1=O)CCN(c1ccccc1)C2. The molecular formula is C19H22N2O. The van der Waals surface area contributed by atoms with Crippen LogP contribution < -0.4 is 4.90 Å². The average Bonchev–Trinajstić information content (AvgIpc) is 2.95. The van der Waals surface area contributed by atoms with Gasteiger partial charge in [0, 0.05) is 29.6 Å². The van der Waals surface area contributed by atoms with Gasteiger partial charge in [-0.05, 0) is 31.4 Å². The van der Waals surface area contributed by atoms with E-state index in [0.717, 1.165) is 32.4 Å². The minimum absolute atomic E-state index is 0.0290. The number of nitrogens with zero attached hydrogens (tertiary/aromatic N) is 2. The van der Waals surface area contributed by atoms with Gasteiger partial charge >= 0.3 is 0 Å². The van der Waals surface area contributed by atoms with Crippen molar-refractivity contribution in [2.24, 2.45) is 10.8 Å². The van der Waals surface area contributed by atoms with Crippen LogP contribution in [0.2, 0.25) is 0 Å². The molecule has 0 saturated carbocycles. The van der Waals surface area contributed by atoms with Crippen molar-refractivity contribution < 1.29 is 4.79 Å². The van der Waals surface area contributed by atoms with Gasteiger partial charge < -0.3 is 4.90 Å². The van der Waals surface area contributed by atoms with E-state index in [1.165, 1.54) is 5.69 Å². The van der Waals surface area contributed by atoms with Gasteiger partial charge in [0.2, 0.25) is 0 Å². The predicted octanol–water partition coefficient (Wildman–Crippen LogP) is 3.72. The van der Waals surface area contributed by atoms with Gasteiger partial charge in [-0.2, -0.15) is 5.26 Å². The van der Waals surface area contributed by atoms with E-state index >= 15 is 0 Å². The van der Waals surface area contributed by atoms with E-state index in [0.29, 0.717) is 5.57 Å². The molecule has 1 fully saturated rings. The highest BCUT2D eigenvalue weighted by atomic mass is 16.1. The van der Waals surface area contributed by atoms with Crippen molar-refractivity contribution >= 4 is 11.5 Å². The highest BCUT2D eigenvalue weighted by molar-refractivity contribution is 6.04. The van der Waals surface area contributed by atoms with Crippen molar-refractivity contribution in [2.45, 2.75) is 33.1 Å². The molecule has 1 aliphatic carbocycles. The molecule has 1 heterocycles. The monoisotopic (exact) mass is 294 g/mol. The zero-order valence-electron chi connectivity index (χ0n) is 13.3. The summed E-state index contributed by atoms with van der Waals surface area (Å²) in [4.78, 5) is 14.9. The zero-order chi connectivity index (χ0) is 15.8. The van der Waals surface area contributed by atoms with Crippen LogP contribution >= 0.6 is 0 Å². The maximum atomic E-state index is 12.5. The summed E-state index contributed by atoms with van der Waals surface area (Å²) in [6.07, 6.45) is 4.62. The van der Waals surface area contributed by atoms with Crippen LogP contribution in [-0.2, 0) is 4.79 Å². The Kier molecular flexibility index (Phi) is 3.56. The Labute approximate surface area is 132 Å². The third-order valence-electron chi connectivity index (χ3n) is 5.39. The Morgan fingerprint density at radius 2 is 2.05 bits per heavy atom. The molecule has 3 rings (SSSR count). The fourth-order valence-electron chi connectivity index (χ4n) is 3.99. The molecule has 1 spiro atoms. The van der Waals surface area contributed by atoms with Gasteiger partial charge in [0.25, 0.3) is 0 Å². The van der Waals surface area contributed by atoms with Crippen molar-refractivity contribution in [3.05, 3.63) is 42.0 Å². The first-order valence-electron chi connectivity index (χ1n) is 8.00. The molecule has 1 aromatic carbocycles. The first-order valence-corrected chi connectivity index (χ1v) is 8.00. The number of para-hydroxylation sites is 1. The molecule has 2 atom stereocenters. The molecule has 3 heteroatoms. The standard InChI is InChI=1S/C19H22N2O/c1-3-18(2)13-19(11-15(12-20)17(18)22)9-10-21(14-19)16-7-5-4-6-8-16/h4-8,11H,3,9-10,13-14H2,1-2H3. The highest BCUT2D eigenvalue weighted by Crippen LogP contribution is 2.50. The van der Waals surface area contributed by atoms with Gasteiger partial charge in [0.1, 0.15) is 6.07 Å². The first kappa shape index (κ1) is 14.8. The first-order chi connectivity index (χ1) is 10.5. The molecule has 2 aliphatic rings.